The molecule has 0 radical (unpaired) electrons. The quantitative estimate of drug-likeness (QED) is 0.789. The van der Waals surface area contributed by atoms with Gasteiger partial charge < -0.3 is 14.6 Å². The molecule has 1 aliphatic carbocycles. The number of carbonyl (C=O) groups excluding carboxylic acids is 2. The van der Waals surface area contributed by atoms with E-state index in [-0.39, 0.29) is 35.3 Å². The van der Waals surface area contributed by atoms with Crippen LogP contribution in [0.1, 0.15) is 53.4 Å². The second-order valence-electron chi connectivity index (χ2n) is 6.96. The molecule has 1 aliphatic rings. The van der Waals surface area contributed by atoms with E-state index in [9.17, 15) is 14.7 Å². The third kappa shape index (κ3) is 4.19. The Bertz CT molecular complexity index is 390. The number of esters is 2. The number of aliphatic hydroxyl groups excluding tert-OH is 1. The van der Waals surface area contributed by atoms with Gasteiger partial charge in [-0.25, -0.2) is 0 Å². The van der Waals surface area contributed by atoms with Crippen molar-refractivity contribution in [2.24, 2.45) is 16.7 Å². The molecule has 0 unspecified atom stereocenters. The Hall–Kier alpha value is -1.10. The smallest absolute Gasteiger partial charge is 0.305 e. The maximum absolute atomic E-state index is 11.4. The molecule has 0 saturated heterocycles. The molecule has 0 aromatic heterocycles. The summed E-state index contributed by atoms with van der Waals surface area (Å²) in [5.41, 5.74) is -0.523. The van der Waals surface area contributed by atoms with Crippen LogP contribution in [-0.4, -0.2) is 36.9 Å². The molecule has 5 nitrogen and oxygen atoms in total. The first-order valence-corrected chi connectivity index (χ1v) is 7.51. The molecule has 1 fully saturated rings. The van der Waals surface area contributed by atoms with Gasteiger partial charge in [-0.3, -0.25) is 9.59 Å². The van der Waals surface area contributed by atoms with Gasteiger partial charge >= 0.3 is 11.9 Å². The van der Waals surface area contributed by atoms with Crippen LogP contribution in [0.4, 0.5) is 0 Å². The number of carbonyl (C=O) groups is 2. The number of methoxy groups -OCH3 is 1. The molecule has 1 N–H and O–H groups in total. The average molecular weight is 300 g/mol. The Labute approximate surface area is 127 Å². The lowest BCUT2D eigenvalue weighted by Gasteiger charge is -2.53. The Balaban J connectivity index is 2.91. The molecular formula is C16H28O5. The minimum absolute atomic E-state index is 0.00214. The minimum Gasteiger partial charge on any atom is -0.469 e. The molecular weight excluding hydrogens is 272 g/mol. The van der Waals surface area contributed by atoms with E-state index in [4.69, 9.17) is 9.47 Å². The number of aliphatic hydroxyl groups is 1. The molecule has 0 heterocycles. The molecule has 0 aromatic carbocycles. The number of ether oxygens (including phenoxy) is 2. The Morgan fingerprint density at radius 2 is 1.90 bits per heavy atom. The SMILES string of the molecule is COC(=O)CC[C@@]1(C)CC[C@H](O)C(C)(C)[C@H]1COC(C)=O. The molecule has 1 saturated carbocycles. The third-order valence-electron chi connectivity index (χ3n) is 5.17. The van der Waals surface area contributed by atoms with Crippen LogP contribution >= 0.6 is 0 Å². The van der Waals surface area contributed by atoms with Crippen molar-refractivity contribution < 1.29 is 24.2 Å². The highest BCUT2D eigenvalue weighted by atomic mass is 16.5. The zero-order valence-corrected chi connectivity index (χ0v) is 13.8. The third-order valence-corrected chi connectivity index (χ3v) is 5.17. The number of hydrogen-bond acceptors (Lipinski definition) is 5. The zero-order valence-electron chi connectivity index (χ0n) is 13.8. The first-order chi connectivity index (χ1) is 9.63. The van der Waals surface area contributed by atoms with Crippen LogP contribution in [0.5, 0.6) is 0 Å². The Morgan fingerprint density at radius 3 is 2.43 bits per heavy atom. The van der Waals surface area contributed by atoms with Crippen LogP contribution in [0, 0.1) is 16.7 Å². The van der Waals surface area contributed by atoms with Crippen LogP contribution in [0.3, 0.4) is 0 Å². The first-order valence-electron chi connectivity index (χ1n) is 7.51. The maximum Gasteiger partial charge on any atom is 0.305 e. The second kappa shape index (κ2) is 6.77. The fraction of sp³-hybridized carbons (Fsp3) is 0.875. The van der Waals surface area contributed by atoms with Crippen molar-refractivity contribution in [3.05, 3.63) is 0 Å². The molecule has 5 heteroatoms. The summed E-state index contributed by atoms with van der Waals surface area (Å²) in [6, 6.07) is 0. The number of hydrogen-bond donors (Lipinski definition) is 1. The van der Waals surface area contributed by atoms with Crippen LogP contribution in [0.15, 0.2) is 0 Å². The van der Waals surface area contributed by atoms with Crippen LogP contribution in [0.2, 0.25) is 0 Å². The van der Waals surface area contributed by atoms with Gasteiger partial charge in [0.15, 0.2) is 0 Å². The standard InChI is InChI=1S/C16H28O5/c1-11(17)21-10-12-15(2,3)13(18)6-8-16(12,4)9-7-14(19)20-5/h12-13,18H,6-10H2,1-5H3/t12-,13+,16-/m1/s1. The normalized spacial score (nSPS) is 31.5. The minimum atomic E-state index is -0.427. The van der Waals surface area contributed by atoms with Gasteiger partial charge in [-0.2, -0.15) is 0 Å². The van der Waals surface area contributed by atoms with E-state index in [1.165, 1.54) is 14.0 Å². The van der Waals surface area contributed by atoms with Gasteiger partial charge in [0.1, 0.15) is 0 Å². The highest BCUT2D eigenvalue weighted by Gasteiger charge is 2.51. The number of rotatable bonds is 5. The zero-order chi connectivity index (χ0) is 16.3. The summed E-state index contributed by atoms with van der Waals surface area (Å²) in [6.07, 6.45) is 2.09. The highest BCUT2D eigenvalue weighted by molar-refractivity contribution is 5.69. The predicted molar refractivity (Wildman–Crippen MR) is 78.5 cm³/mol. The summed E-state index contributed by atoms with van der Waals surface area (Å²) in [5, 5.41) is 10.3. The predicted octanol–water partition coefficient (Wildman–Crippen LogP) is 2.31. The fourth-order valence-electron chi connectivity index (χ4n) is 3.55. The summed E-state index contributed by atoms with van der Waals surface area (Å²) < 4.78 is 9.95. The largest absolute Gasteiger partial charge is 0.469 e. The van der Waals surface area contributed by atoms with Crippen LogP contribution in [-0.2, 0) is 19.1 Å². The summed E-state index contributed by atoms with van der Waals surface area (Å²) >= 11 is 0. The van der Waals surface area contributed by atoms with Gasteiger partial charge in [0.05, 0.1) is 19.8 Å². The van der Waals surface area contributed by atoms with E-state index in [2.05, 4.69) is 6.92 Å². The lowest BCUT2D eigenvalue weighted by molar-refractivity contribution is -0.158. The van der Waals surface area contributed by atoms with E-state index in [0.29, 0.717) is 19.3 Å². The van der Waals surface area contributed by atoms with E-state index in [1.54, 1.807) is 0 Å². The monoisotopic (exact) mass is 300 g/mol. The summed E-state index contributed by atoms with van der Waals surface area (Å²) in [4.78, 5) is 22.6. The van der Waals surface area contributed by atoms with Gasteiger partial charge in [0.25, 0.3) is 0 Å². The molecule has 122 valence electrons. The fourth-order valence-corrected chi connectivity index (χ4v) is 3.55. The van der Waals surface area contributed by atoms with E-state index >= 15 is 0 Å². The van der Waals surface area contributed by atoms with Crippen molar-refractivity contribution in [2.45, 2.75) is 59.5 Å². The van der Waals surface area contributed by atoms with Crippen molar-refractivity contribution in [1.29, 1.82) is 0 Å². The molecule has 21 heavy (non-hydrogen) atoms. The van der Waals surface area contributed by atoms with Gasteiger partial charge in [-0.1, -0.05) is 20.8 Å². The van der Waals surface area contributed by atoms with Crippen molar-refractivity contribution in [3.8, 4) is 0 Å². The molecule has 0 spiro atoms. The molecule has 0 aromatic rings. The maximum atomic E-state index is 11.4. The van der Waals surface area contributed by atoms with Crippen molar-refractivity contribution in [2.75, 3.05) is 13.7 Å². The topological polar surface area (TPSA) is 72.8 Å². The molecule has 0 bridgehead atoms. The second-order valence-corrected chi connectivity index (χ2v) is 6.96. The van der Waals surface area contributed by atoms with E-state index in [1.807, 2.05) is 13.8 Å². The van der Waals surface area contributed by atoms with Crippen molar-refractivity contribution in [1.82, 2.24) is 0 Å². The lowest BCUT2D eigenvalue weighted by Crippen LogP contribution is -2.52. The molecule has 3 atom stereocenters. The first kappa shape index (κ1) is 18.0. The van der Waals surface area contributed by atoms with Crippen molar-refractivity contribution in [3.63, 3.8) is 0 Å². The lowest BCUT2D eigenvalue weighted by atomic mass is 9.54. The van der Waals surface area contributed by atoms with E-state index in [0.717, 1.165) is 6.42 Å². The Kier molecular flexibility index (Phi) is 5.79. The molecule has 1 rings (SSSR count). The summed E-state index contributed by atoms with van der Waals surface area (Å²) in [6.45, 7) is 7.77. The van der Waals surface area contributed by atoms with Crippen molar-refractivity contribution >= 4 is 11.9 Å². The van der Waals surface area contributed by atoms with Crippen LogP contribution in [0.25, 0.3) is 0 Å². The Morgan fingerprint density at radius 1 is 1.29 bits per heavy atom. The average Bonchev–Trinajstić information content (AvgIpc) is 2.40. The van der Waals surface area contributed by atoms with Crippen LogP contribution < -0.4 is 0 Å². The van der Waals surface area contributed by atoms with Gasteiger partial charge in [0, 0.05) is 19.3 Å². The highest BCUT2D eigenvalue weighted by Crippen LogP contribution is 2.53. The van der Waals surface area contributed by atoms with E-state index < -0.39 is 6.10 Å². The molecule has 0 aliphatic heterocycles. The van der Waals surface area contributed by atoms with Gasteiger partial charge in [-0.15, -0.1) is 0 Å². The van der Waals surface area contributed by atoms with Gasteiger partial charge in [0.2, 0.25) is 0 Å². The van der Waals surface area contributed by atoms with Gasteiger partial charge in [-0.05, 0) is 30.1 Å². The summed E-state index contributed by atoms with van der Waals surface area (Å²) in [5.74, 6) is -0.546. The summed E-state index contributed by atoms with van der Waals surface area (Å²) in [7, 11) is 1.38. The molecule has 0 amide bonds.